The van der Waals surface area contributed by atoms with Crippen molar-refractivity contribution in [3.8, 4) is 0 Å². The van der Waals surface area contributed by atoms with Gasteiger partial charge in [0, 0.05) is 61.6 Å². The van der Waals surface area contributed by atoms with Crippen LogP contribution in [0.3, 0.4) is 0 Å². The topological polar surface area (TPSA) is 431 Å². The number of carboxylic acids is 2. The molecule has 8 unspecified atom stereocenters. The molecule has 0 fully saturated rings. The van der Waals surface area contributed by atoms with Gasteiger partial charge in [0.05, 0.1) is 25.9 Å². The van der Waals surface area contributed by atoms with E-state index in [2.05, 4.69) is 69.3 Å². The standard InChI is InChI=1S/C26H42N4O4.C19H35N3O5.C7H10N2O2.C3H5NO.C3H4O2.Al.B.HI.HN/c1-6-18(4)24(32)28-16-29-25(33)19(5)10-11-21(13-12-20(7-2)23(27)31)26(34)30-22-14-8-17(3)9-15-22;1-5-12(3)17(24)21-11-22-18(25)13(4)7-8-15(19(26)27)10-9-14(6-2)16(20)23;1-3-6(10)8-5-9-7(11)4-2;2*1-2-3(4)5;;;;/h8-9,14-15,18-21H,6-7,10-13,16H2,1-5H3,(H2,27,31)(H,28,32)(H,29,33)(H,30,34);12-15H,5-11H2,1-4H3,(H2,20,23)(H,21,24)(H,22,25)(H,26,27);3-4H,1-2,5H2,(H,8,10)(H,9,11);2H,1H2,(H2,4,5);2H,1H2,(H,4,5);;;2*1H. The van der Waals surface area contributed by atoms with Gasteiger partial charge in [0.15, 0.2) is 0 Å². The number of nitrogens with two attached hydrogens (primary N) is 3. The summed E-state index contributed by atoms with van der Waals surface area (Å²) in [4.78, 5) is 135. The van der Waals surface area contributed by atoms with E-state index in [0.717, 1.165) is 42.7 Å². The molecule has 0 saturated heterocycles. The summed E-state index contributed by atoms with van der Waals surface area (Å²) in [5, 5.41) is 35.4. The van der Waals surface area contributed by atoms with E-state index in [9.17, 15) is 62.6 Å². The molecule has 0 aliphatic carbocycles. The number of halogens is 1. The van der Waals surface area contributed by atoms with Gasteiger partial charge in [0.1, 0.15) is 0 Å². The van der Waals surface area contributed by atoms with Crippen molar-refractivity contribution in [1.29, 1.82) is 4.35 Å². The Morgan fingerprint density at radius 2 is 0.767 bits per heavy atom. The zero-order valence-electron chi connectivity index (χ0n) is 51.8. The van der Waals surface area contributed by atoms with Gasteiger partial charge in [-0.05, 0) is 114 Å². The second-order valence-electron chi connectivity index (χ2n) is 19.2. The first kappa shape index (κ1) is 92.7. The minimum absolute atomic E-state index is 0. The molecule has 0 saturated carbocycles. The molecule has 86 heavy (non-hydrogen) atoms. The van der Waals surface area contributed by atoms with Crippen LogP contribution in [0.1, 0.15) is 138 Å². The van der Waals surface area contributed by atoms with Crippen molar-refractivity contribution in [3.63, 3.8) is 0 Å². The number of benzene rings is 1. The van der Waals surface area contributed by atoms with Crippen molar-refractivity contribution >= 4 is 125 Å². The molecule has 25 nitrogen and oxygen atoms in total. The summed E-state index contributed by atoms with van der Waals surface area (Å²) < 4.78 is 5.67. The predicted molar refractivity (Wildman–Crippen MR) is 345 cm³/mol. The maximum absolute atomic E-state index is 13.0. The van der Waals surface area contributed by atoms with E-state index >= 15 is 0 Å². The van der Waals surface area contributed by atoms with Crippen molar-refractivity contribution in [3.05, 3.63) is 80.4 Å². The molecule has 28 heteroatoms. The van der Waals surface area contributed by atoms with E-state index in [1.165, 1.54) is 0 Å². The van der Waals surface area contributed by atoms with E-state index in [-0.39, 0.29) is 141 Å². The summed E-state index contributed by atoms with van der Waals surface area (Å²) in [6.07, 6.45) is 10.4. The Bertz CT molecular complexity index is 2210. The molecule has 0 aliphatic rings. The van der Waals surface area contributed by atoms with Crippen molar-refractivity contribution in [2.24, 2.45) is 64.5 Å². The van der Waals surface area contributed by atoms with Crippen molar-refractivity contribution < 1.29 is 67.7 Å². The van der Waals surface area contributed by atoms with Crippen molar-refractivity contribution in [2.75, 3.05) is 25.3 Å². The van der Waals surface area contributed by atoms with Crippen LogP contribution in [0.5, 0.6) is 0 Å². The molecule has 0 aliphatic heterocycles. The van der Waals surface area contributed by atoms with Crippen LogP contribution >= 0.6 is 24.0 Å². The van der Waals surface area contributed by atoms with Gasteiger partial charge >= 0.3 is 32.4 Å². The van der Waals surface area contributed by atoms with Crippen LogP contribution in [-0.2, 0) is 57.5 Å². The molecule has 1 rings (SSSR count). The SMILES string of the molecule is C=CC(=O)NCNC(=O)C=C.C=CC(=O)O.C=CC(N)=O.CCC(C)C(=O)NCNC(=O)C(C)CCC(CCC(CC)C(N)=O)C(=O)Nc1ccc(C)cc1.CCC(C)C(=O)NCNC(=O)C(C)CCC(CCC(CC)C(N)=O)C(=O)O.I.[B].[NH]=[Al]. The molecule has 0 aromatic heterocycles. The van der Waals surface area contributed by atoms with Crippen LogP contribution in [0, 0.1) is 58.6 Å². The predicted octanol–water partition coefficient (Wildman–Crippen LogP) is 4.74. The zero-order chi connectivity index (χ0) is 65.9. The molecule has 482 valence electrons. The fourth-order valence-electron chi connectivity index (χ4n) is 6.61. The summed E-state index contributed by atoms with van der Waals surface area (Å²) in [7, 11) is 0. The molecular weight excluding hydrogens is 1240 g/mol. The first-order valence-corrected chi connectivity index (χ1v) is 28.2. The van der Waals surface area contributed by atoms with E-state index in [1.807, 2.05) is 72.7 Å². The van der Waals surface area contributed by atoms with Crippen molar-refractivity contribution in [2.45, 2.75) is 139 Å². The molecule has 4 radical (unpaired) electrons. The molecule has 1 aromatic carbocycles. The normalized spacial score (nSPS) is 12.3. The molecule has 0 bridgehead atoms. The van der Waals surface area contributed by atoms with Crippen LogP contribution in [0.2, 0.25) is 0 Å². The van der Waals surface area contributed by atoms with E-state index in [0.29, 0.717) is 69.9 Å². The molecule has 0 spiro atoms. The number of rotatable bonds is 35. The number of aliphatic carboxylic acids is 2. The van der Waals surface area contributed by atoms with Crippen LogP contribution in [0.25, 0.3) is 0 Å². The molecular formula is C58H98AlBIN11O14. The zero-order valence-corrected chi connectivity index (χ0v) is 55.2. The summed E-state index contributed by atoms with van der Waals surface area (Å²) in [5.41, 5.74) is 17.1. The van der Waals surface area contributed by atoms with Gasteiger partial charge in [-0.1, -0.05) is 99.4 Å². The molecule has 1 aromatic rings. The molecule has 10 amide bonds. The number of amides is 10. The van der Waals surface area contributed by atoms with Gasteiger partial charge in [0.2, 0.25) is 59.1 Å². The van der Waals surface area contributed by atoms with Crippen LogP contribution in [0.4, 0.5) is 5.69 Å². The van der Waals surface area contributed by atoms with Gasteiger partial charge in [-0.25, -0.2) is 4.79 Å². The van der Waals surface area contributed by atoms with E-state index < -0.39 is 29.7 Å². The fourth-order valence-corrected chi connectivity index (χ4v) is 6.61. The Morgan fingerprint density at radius 1 is 0.477 bits per heavy atom. The first-order chi connectivity index (χ1) is 39.5. The Hall–Kier alpha value is -7.05. The summed E-state index contributed by atoms with van der Waals surface area (Å²) in [6, 6.07) is 7.56. The van der Waals surface area contributed by atoms with Crippen molar-refractivity contribution in [1.82, 2.24) is 31.9 Å². The average Bonchev–Trinajstić information content (AvgIpc) is 3.65. The minimum atomic E-state index is -0.981. The van der Waals surface area contributed by atoms with Crippen LogP contribution < -0.4 is 54.4 Å². The Kier molecular flexibility index (Phi) is 62.9. The Balaban J connectivity index is -0.000000211. The second kappa shape index (κ2) is 58.3. The Labute approximate surface area is 535 Å². The fraction of sp³-hybridized carbons (Fsp3) is 0.552. The number of primary amides is 3. The van der Waals surface area contributed by atoms with Crippen LogP contribution in [0.15, 0.2) is 74.9 Å². The molecule has 16 N–H and O–H groups in total. The number of nitrogens with one attached hydrogen (secondary N) is 8. The summed E-state index contributed by atoms with van der Waals surface area (Å²) in [6.45, 7) is 29.5. The average molecular weight is 1340 g/mol. The number of carboxylic acid groups (broad SMARTS) is 2. The summed E-state index contributed by atoms with van der Waals surface area (Å²) in [5.74, 6) is -7.01. The van der Waals surface area contributed by atoms with Crippen LogP contribution in [-0.4, -0.2) is 126 Å². The Morgan fingerprint density at radius 3 is 1.05 bits per heavy atom. The number of hydrogen-bond donors (Lipinski definition) is 13. The third kappa shape index (κ3) is 51.4. The van der Waals surface area contributed by atoms with Gasteiger partial charge in [-0.2, -0.15) is 0 Å². The third-order valence-electron chi connectivity index (χ3n) is 12.8. The van der Waals surface area contributed by atoms with Gasteiger partial charge in [-0.15, -0.1) is 24.0 Å². The monoisotopic (exact) mass is 1340 g/mol. The summed E-state index contributed by atoms with van der Waals surface area (Å²) >= 11 is 1.67. The number of carbonyl (C=O) groups is 12. The molecule has 0 heterocycles. The number of anilines is 1. The van der Waals surface area contributed by atoms with Gasteiger partial charge in [-0.3, -0.25) is 52.7 Å². The third-order valence-corrected chi connectivity index (χ3v) is 12.8. The quantitative estimate of drug-likeness (QED) is 0.0189. The van der Waals surface area contributed by atoms with E-state index in [1.54, 1.807) is 29.9 Å². The number of carbonyl (C=O) groups excluding carboxylic acids is 10. The number of hydrogen-bond acceptors (Lipinski definition) is 13. The molecule has 8 atom stereocenters. The van der Waals surface area contributed by atoms with Gasteiger partial charge < -0.3 is 64.6 Å². The first-order valence-electron chi connectivity index (χ1n) is 27.6. The number of aryl methyl sites for hydroxylation is 1. The van der Waals surface area contributed by atoms with Gasteiger partial charge in [0.25, 0.3) is 0 Å². The van der Waals surface area contributed by atoms with E-state index in [4.69, 9.17) is 20.9 Å². The second-order valence-corrected chi connectivity index (χ2v) is 19.2. The maximum atomic E-state index is 13.0.